The lowest BCUT2D eigenvalue weighted by molar-refractivity contribution is 0.495. The van der Waals surface area contributed by atoms with Crippen LogP contribution in [0.15, 0.2) is 16.7 Å². The molecule has 0 saturated carbocycles. The summed E-state index contributed by atoms with van der Waals surface area (Å²) >= 11 is 5.84. The number of hydrogen-bond acceptors (Lipinski definition) is 2. The number of nitrogens with two attached hydrogens (primary N) is 1. The van der Waals surface area contributed by atoms with E-state index in [9.17, 15) is 0 Å². The normalized spacial score (nSPS) is 13.8. The van der Waals surface area contributed by atoms with Crippen molar-refractivity contribution in [3.63, 3.8) is 0 Å². The maximum absolute atomic E-state index is 5.84. The van der Waals surface area contributed by atoms with E-state index in [4.69, 9.17) is 21.8 Å². The molecule has 0 radical (unpaired) electrons. The van der Waals surface area contributed by atoms with Crippen LogP contribution in [-0.4, -0.2) is 6.54 Å². The van der Waals surface area contributed by atoms with Crippen molar-refractivity contribution in [3.8, 4) is 0 Å². The van der Waals surface area contributed by atoms with Gasteiger partial charge in [0.15, 0.2) is 5.22 Å². The van der Waals surface area contributed by atoms with Crippen LogP contribution in [-0.2, 0) is 0 Å². The van der Waals surface area contributed by atoms with Gasteiger partial charge in [-0.2, -0.15) is 0 Å². The van der Waals surface area contributed by atoms with Gasteiger partial charge in [-0.15, -0.1) is 0 Å². The highest BCUT2D eigenvalue weighted by molar-refractivity contribution is 6.29. The van der Waals surface area contributed by atoms with Gasteiger partial charge < -0.3 is 10.2 Å². The van der Waals surface area contributed by atoms with E-state index >= 15 is 0 Å². The fraction of sp³-hybridized carbons (Fsp3) is 0.556. The zero-order chi connectivity index (χ0) is 9.14. The van der Waals surface area contributed by atoms with Crippen molar-refractivity contribution in [1.29, 1.82) is 0 Å². The molecule has 1 heterocycles. The Kier molecular flexibility index (Phi) is 3.18. The van der Waals surface area contributed by atoms with E-state index in [-0.39, 0.29) is 0 Å². The predicted octanol–water partition coefficient (Wildman–Crippen LogP) is 2.63. The summed E-state index contributed by atoms with van der Waals surface area (Å²) in [6, 6.07) is 1.89. The van der Waals surface area contributed by atoms with Crippen molar-refractivity contribution < 1.29 is 4.42 Å². The molecule has 0 bridgehead atoms. The topological polar surface area (TPSA) is 39.2 Å². The van der Waals surface area contributed by atoms with Crippen LogP contribution >= 0.6 is 11.6 Å². The molecule has 0 aliphatic rings. The molecule has 68 valence electrons. The fourth-order valence-electron chi connectivity index (χ4n) is 1.33. The summed E-state index contributed by atoms with van der Waals surface area (Å²) in [6.45, 7) is 4.86. The van der Waals surface area contributed by atoms with E-state index in [1.807, 2.05) is 6.07 Å². The van der Waals surface area contributed by atoms with Gasteiger partial charge in [-0.1, -0.05) is 13.8 Å². The van der Waals surface area contributed by atoms with E-state index in [1.54, 1.807) is 6.26 Å². The van der Waals surface area contributed by atoms with Gasteiger partial charge in [0, 0.05) is 11.5 Å². The van der Waals surface area contributed by atoms with E-state index in [0.29, 0.717) is 23.6 Å². The van der Waals surface area contributed by atoms with Gasteiger partial charge in [-0.05, 0) is 30.1 Å². The van der Waals surface area contributed by atoms with Gasteiger partial charge in [0.05, 0.1) is 6.26 Å². The molecule has 0 aliphatic carbocycles. The summed E-state index contributed by atoms with van der Waals surface area (Å²) in [5, 5.41) is 0.471. The lowest BCUT2D eigenvalue weighted by atomic mass is 9.90. The van der Waals surface area contributed by atoms with Crippen LogP contribution in [0.3, 0.4) is 0 Å². The smallest absolute Gasteiger partial charge is 0.196 e. The maximum atomic E-state index is 5.84. The van der Waals surface area contributed by atoms with Gasteiger partial charge in [-0.25, -0.2) is 0 Å². The second kappa shape index (κ2) is 3.97. The zero-order valence-corrected chi connectivity index (χ0v) is 8.14. The van der Waals surface area contributed by atoms with E-state index < -0.39 is 0 Å². The van der Waals surface area contributed by atoms with Crippen molar-refractivity contribution >= 4 is 11.6 Å². The standard InChI is InChI=1S/C9H14ClNO/c1-6(2)8(5-11)7-3-4-12-9(7)10/h3-4,6,8H,5,11H2,1-2H3. The molecular weight excluding hydrogens is 174 g/mol. The molecule has 1 unspecified atom stereocenters. The maximum Gasteiger partial charge on any atom is 0.196 e. The minimum Gasteiger partial charge on any atom is -0.453 e. The summed E-state index contributed by atoms with van der Waals surface area (Å²) in [5.74, 6) is 0.793. The minimum atomic E-state index is 0.302. The lowest BCUT2D eigenvalue weighted by Gasteiger charge is -2.17. The summed E-state index contributed by atoms with van der Waals surface area (Å²) < 4.78 is 5.01. The Labute approximate surface area is 77.7 Å². The van der Waals surface area contributed by atoms with Crippen molar-refractivity contribution in [2.24, 2.45) is 11.7 Å². The molecule has 2 N–H and O–H groups in total. The molecule has 0 aromatic carbocycles. The first-order chi connectivity index (χ1) is 5.66. The molecule has 0 fully saturated rings. The summed E-state index contributed by atoms with van der Waals surface area (Å²) in [7, 11) is 0. The summed E-state index contributed by atoms with van der Waals surface area (Å²) in [5.41, 5.74) is 6.66. The highest BCUT2D eigenvalue weighted by atomic mass is 35.5. The van der Waals surface area contributed by atoms with Gasteiger partial charge in [0.2, 0.25) is 0 Å². The Balaban J connectivity index is 2.87. The second-order valence-electron chi connectivity index (χ2n) is 3.24. The number of halogens is 1. The molecule has 1 atom stereocenters. The average Bonchev–Trinajstić information content (AvgIpc) is 2.38. The van der Waals surface area contributed by atoms with Gasteiger partial charge in [-0.3, -0.25) is 0 Å². The first-order valence-electron chi connectivity index (χ1n) is 4.09. The van der Waals surface area contributed by atoms with Crippen molar-refractivity contribution in [1.82, 2.24) is 0 Å². The molecule has 12 heavy (non-hydrogen) atoms. The van der Waals surface area contributed by atoms with Crippen LogP contribution in [0.2, 0.25) is 5.22 Å². The third-order valence-electron chi connectivity index (χ3n) is 2.10. The van der Waals surface area contributed by atoms with Crippen LogP contribution in [0.25, 0.3) is 0 Å². The fourth-order valence-corrected chi connectivity index (χ4v) is 1.58. The highest BCUT2D eigenvalue weighted by Crippen LogP contribution is 2.29. The van der Waals surface area contributed by atoms with Crippen LogP contribution in [0.4, 0.5) is 0 Å². The molecule has 1 aromatic rings. The minimum absolute atomic E-state index is 0.302. The second-order valence-corrected chi connectivity index (χ2v) is 3.58. The van der Waals surface area contributed by atoms with Crippen LogP contribution in [0.1, 0.15) is 25.3 Å². The molecule has 2 nitrogen and oxygen atoms in total. The molecule has 0 amide bonds. The monoisotopic (exact) mass is 187 g/mol. The Hall–Kier alpha value is -0.470. The summed E-state index contributed by atoms with van der Waals surface area (Å²) in [6.07, 6.45) is 1.60. The SMILES string of the molecule is CC(C)C(CN)c1ccoc1Cl. The quantitative estimate of drug-likeness (QED) is 0.790. The lowest BCUT2D eigenvalue weighted by Crippen LogP contribution is -2.17. The molecular formula is C9H14ClNO. The Morgan fingerprint density at radius 3 is 2.58 bits per heavy atom. The molecule has 3 heteroatoms. The van der Waals surface area contributed by atoms with Crippen LogP contribution in [0, 0.1) is 5.92 Å². The molecule has 1 aromatic heterocycles. The zero-order valence-electron chi connectivity index (χ0n) is 7.38. The first kappa shape index (κ1) is 9.62. The summed E-state index contributed by atoms with van der Waals surface area (Å²) in [4.78, 5) is 0. The molecule has 0 saturated heterocycles. The van der Waals surface area contributed by atoms with Crippen molar-refractivity contribution in [2.75, 3.05) is 6.54 Å². The van der Waals surface area contributed by atoms with Gasteiger partial charge in [0.1, 0.15) is 0 Å². The van der Waals surface area contributed by atoms with E-state index in [2.05, 4.69) is 13.8 Å². The number of hydrogen-bond donors (Lipinski definition) is 1. The van der Waals surface area contributed by atoms with E-state index in [0.717, 1.165) is 5.56 Å². The van der Waals surface area contributed by atoms with Gasteiger partial charge in [0.25, 0.3) is 0 Å². The highest BCUT2D eigenvalue weighted by Gasteiger charge is 2.18. The van der Waals surface area contributed by atoms with Crippen LogP contribution in [0.5, 0.6) is 0 Å². The Morgan fingerprint density at radius 1 is 1.58 bits per heavy atom. The first-order valence-corrected chi connectivity index (χ1v) is 4.47. The third kappa shape index (κ3) is 1.82. The number of furan rings is 1. The largest absolute Gasteiger partial charge is 0.453 e. The average molecular weight is 188 g/mol. The van der Waals surface area contributed by atoms with Crippen molar-refractivity contribution in [3.05, 3.63) is 23.1 Å². The molecule has 0 spiro atoms. The Bertz CT molecular complexity index is 244. The third-order valence-corrected chi connectivity index (χ3v) is 2.41. The van der Waals surface area contributed by atoms with E-state index in [1.165, 1.54) is 0 Å². The molecule has 0 aliphatic heterocycles. The molecule has 1 rings (SSSR count). The van der Waals surface area contributed by atoms with Crippen LogP contribution < -0.4 is 5.73 Å². The van der Waals surface area contributed by atoms with Crippen molar-refractivity contribution in [2.45, 2.75) is 19.8 Å². The van der Waals surface area contributed by atoms with Gasteiger partial charge >= 0.3 is 0 Å². The number of rotatable bonds is 3. The predicted molar refractivity (Wildman–Crippen MR) is 50.4 cm³/mol. The Morgan fingerprint density at radius 2 is 2.25 bits per heavy atom.